The highest BCUT2D eigenvalue weighted by Gasteiger charge is 2.35. The van der Waals surface area contributed by atoms with Gasteiger partial charge in [-0.1, -0.05) is 12.1 Å². The van der Waals surface area contributed by atoms with Crippen LogP contribution in [0.4, 0.5) is 0 Å². The summed E-state index contributed by atoms with van der Waals surface area (Å²) in [6.07, 6.45) is 1.63. The first-order valence-corrected chi connectivity index (χ1v) is 8.13. The molecule has 1 amide bonds. The minimum Gasteiger partial charge on any atom is -0.485 e. The quantitative estimate of drug-likeness (QED) is 0.786. The van der Waals surface area contributed by atoms with E-state index in [0.717, 1.165) is 0 Å². The van der Waals surface area contributed by atoms with Crippen molar-refractivity contribution in [3.8, 4) is 5.75 Å². The fraction of sp³-hybridized carbons (Fsp3) is 0.412. The van der Waals surface area contributed by atoms with E-state index in [1.54, 1.807) is 24.3 Å². The predicted octanol–water partition coefficient (Wildman–Crippen LogP) is 1.80. The third-order valence-electron chi connectivity index (χ3n) is 4.12. The Morgan fingerprint density at radius 3 is 2.64 bits per heavy atom. The second kappa shape index (κ2) is 7.33. The average Bonchev–Trinajstić information content (AvgIpc) is 3.04. The van der Waals surface area contributed by atoms with E-state index >= 15 is 0 Å². The molecule has 1 heterocycles. The van der Waals surface area contributed by atoms with Gasteiger partial charge in [-0.05, 0) is 37.1 Å². The molecule has 132 valence electrons. The van der Waals surface area contributed by atoms with E-state index in [9.17, 15) is 9.59 Å². The predicted molar refractivity (Wildman–Crippen MR) is 86.1 cm³/mol. The number of carbonyl (C=O) groups is 2. The molecule has 1 aromatic heterocycles. The van der Waals surface area contributed by atoms with Crippen molar-refractivity contribution in [2.24, 2.45) is 5.92 Å². The van der Waals surface area contributed by atoms with E-state index < -0.39 is 5.97 Å². The third kappa shape index (κ3) is 4.14. The van der Waals surface area contributed by atoms with Gasteiger partial charge in [0.25, 0.3) is 5.91 Å². The van der Waals surface area contributed by atoms with Crippen LogP contribution in [0.3, 0.4) is 0 Å². The Hall–Kier alpha value is -2.90. The normalized spacial score (nSPS) is 19.1. The molecule has 0 atom stereocenters. The van der Waals surface area contributed by atoms with Gasteiger partial charge in [-0.3, -0.25) is 9.59 Å². The first-order chi connectivity index (χ1) is 12.0. The zero-order valence-electron chi connectivity index (χ0n) is 13.8. The molecule has 1 aliphatic carbocycles. The number of carboxylic acid groups (broad SMARTS) is 1. The standard InChI is InChI=1S/C17H19N3O5/c1-2-15-19-14(20-25-15)9-24-13-5-3-10(4-6-13)16(21)18-12-7-11(8-12)17(22)23/h3-6,11-12H,2,7-9H2,1H3,(H,18,21)(H,22,23). The van der Waals surface area contributed by atoms with Crippen LogP contribution in [0.1, 0.15) is 41.8 Å². The van der Waals surface area contributed by atoms with E-state index in [1.165, 1.54) is 0 Å². The van der Waals surface area contributed by atoms with Crippen LogP contribution in [0.5, 0.6) is 5.75 Å². The van der Waals surface area contributed by atoms with Gasteiger partial charge in [0, 0.05) is 18.0 Å². The Morgan fingerprint density at radius 1 is 1.32 bits per heavy atom. The number of carboxylic acids is 1. The van der Waals surface area contributed by atoms with Gasteiger partial charge < -0.3 is 19.7 Å². The molecule has 0 aliphatic heterocycles. The number of benzene rings is 1. The molecule has 1 saturated carbocycles. The largest absolute Gasteiger partial charge is 0.485 e. The molecule has 25 heavy (non-hydrogen) atoms. The number of hydrogen-bond donors (Lipinski definition) is 2. The molecular formula is C17H19N3O5. The van der Waals surface area contributed by atoms with E-state index in [1.807, 2.05) is 6.92 Å². The molecule has 8 heteroatoms. The Bertz CT molecular complexity index is 750. The number of rotatable bonds is 7. The van der Waals surface area contributed by atoms with Gasteiger partial charge in [0.2, 0.25) is 11.7 Å². The number of aryl methyl sites for hydroxylation is 1. The van der Waals surface area contributed by atoms with Crippen LogP contribution in [0.15, 0.2) is 28.8 Å². The second-order valence-electron chi connectivity index (χ2n) is 5.95. The fourth-order valence-corrected chi connectivity index (χ4v) is 2.55. The van der Waals surface area contributed by atoms with Crippen LogP contribution in [-0.2, 0) is 17.8 Å². The number of nitrogens with one attached hydrogen (secondary N) is 1. The molecule has 1 fully saturated rings. The number of nitrogens with zero attached hydrogens (tertiary/aromatic N) is 2. The molecule has 0 radical (unpaired) electrons. The maximum absolute atomic E-state index is 12.1. The molecule has 2 N–H and O–H groups in total. The first-order valence-electron chi connectivity index (χ1n) is 8.13. The SMILES string of the molecule is CCc1nc(COc2ccc(C(=O)NC3CC(C(=O)O)C3)cc2)no1. The second-order valence-corrected chi connectivity index (χ2v) is 5.95. The number of aromatic nitrogens is 2. The van der Waals surface area contributed by atoms with Gasteiger partial charge >= 0.3 is 5.97 Å². The van der Waals surface area contributed by atoms with Gasteiger partial charge in [-0.2, -0.15) is 4.98 Å². The maximum atomic E-state index is 12.1. The lowest BCUT2D eigenvalue weighted by Gasteiger charge is -2.32. The molecule has 1 aliphatic rings. The van der Waals surface area contributed by atoms with Crippen molar-refractivity contribution in [3.05, 3.63) is 41.5 Å². The van der Waals surface area contributed by atoms with Gasteiger partial charge in [-0.25, -0.2) is 0 Å². The summed E-state index contributed by atoms with van der Waals surface area (Å²) in [5.74, 6) is 0.252. The number of aliphatic carboxylic acids is 1. The number of ether oxygens (including phenoxy) is 1. The van der Waals surface area contributed by atoms with Crippen LogP contribution in [0.2, 0.25) is 0 Å². The lowest BCUT2D eigenvalue weighted by molar-refractivity contribution is -0.145. The van der Waals surface area contributed by atoms with Crippen LogP contribution < -0.4 is 10.1 Å². The molecular weight excluding hydrogens is 326 g/mol. The van der Waals surface area contributed by atoms with Crippen LogP contribution in [0, 0.1) is 5.92 Å². The van der Waals surface area contributed by atoms with Gasteiger partial charge in [0.1, 0.15) is 5.75 Å². The topological polar surface area (TPSA) is 115 Å². The van der Waals surface area contributed by atoms with Crippen molar-refractivity contribution in [1.29, 1.82) is 0 Å². The minimum absolute atomic E-state index is 0.0736. The highest BCUT2D eigenvalue weighted by molar-refractivity contribution is 5.94. The Morgan fingerprint density at radius 2 is 2.04 bits per heavy atom. The molecule has 0 saturated heterocycles. The molecule has 0 spiro atoms. The van der Waals surface area contributed by atoms with Crippen LogP contribution >= 0.6 is 0 Å². The van der Waals surface area contributed by atoms with Gasteiger partial charge in [-0.15, -0.1) is 0 Å². The van der Waals surface area contributed by atoms with Crippen molar-refractivity contribution >= 4 is 11.9 Å². The zero-order chi connectivity index (χ0) is 17.8. The highest BCUT2D eigenvalue weighted by Crippen LogP contribution is 2.27. The molecule has 8 nitrogen and oxygen atoms in total. The average molecular weight is 345 g/mol. The number of hydrogen-bond acceptors (Lipinski definition) is 6. The molecule has 0 unspecified atom stereocenters. The van der Waals surface area contributed by atoms with E-state index in [4.69, 9.17) is 14.4 Å². The summed E-state index contributed by atoms with van der Waals surface area (Å²) in [5.41, 5.74) is 0.499. The summed E-state index contributed by atoms with van der Waals surface area (Å²) in [5, 5.41) is 15.5. The lowest BCUT2D eigenvalue weighted by Crippen LogP contribution is -2.46. The zero-order valence-corrected chi connectivity index (χ0v) is 13.8. The number of amides is 1. The van der Waals surface area contributed by atoms with E-state index in [2.05, 4.69) is 15.5 Å². The van der Waals surface area contributed by atoms with Crippen molar-refractivity contribution in [2.45, 2.75) is 38.8 Å². The molecule has 0 bridgehead atoms. The molecule has 1 aromatic carbocycles. The Balaban J connectivity index is 1.48. The van der Waals surface area contributed by atoms with Gasteiger partial charge in [0.15, 0.2) is 6.61 Å². The van der Waals surface area contributed by atoms with Crippen molar-refractivity contribution in [1.82, 2.24) is 15.5 Å². The van der Waals surface area contributed by atoms with E-state index in [0.29, 0.717) is 42.3 Å². The summed E-state index contributed by atoms with van der Waals surface area (Å²) in [6.45, 7) is 2.11. The minimum atomic E-state index is -0.806. The summed E-state index contributed by atoms with van der Waals surface area (Å²) in [7, 11) is 0. The lowest BCUT2D eigenvalue weighted by atomic mass is 9.80. The van der Waals surface area contributed by atoms with Crippen molar-refractivity contribution in [3.63, 3.8) is 0 Å². The first kappa shape index (κ1) is 16.9. The number of carbonyl (C=O) groups excluding carboxylic acids is 1. The van der Waals surface area contributed by atoms with E-state index in [-0.39, 0.29) is 24.5 Å². The summed E-state index contributed by atoms with van der Waals surface area (Å²) in [6, 6.07) is 6.63. The monoisotopic (exact) mass is 345 g/mol. The summed E-state index contributed by atoms with van der Waals surface area (Å²) in [4.78, 5) is 27.0. The third-order valence-corrected chi connectivity index (χ3v) is 4.12. The molecule has 3 rings (SSSR count). The van der Waals surface area contributed by atoms with Crippen molar-refractivity contribution < 1.29 is 24.0 Å². The smallest absolute Gasteiger partial charge is 0.306 e. The Labute approximate surface area is 144 Å². The Kier molecular flexibility index (Phi) is 4.97. The van der Waals surface area contributed by atoms with Crippen LogP contribution in [0.25, 0.3) is 0 Å². The summed E-state index contributed by atoms with van der Waals surface area (Å²) >= 11 is 0. The summed E-state index contributed by atoms with van der Waals surface area (Å²) < 4.78 is 10.6. The highest BCUT2D eigenvalue weighted by atomic mass is 16.5. The molecule has 2 aromatic rings. The van der Waals surface area contributed by atoms with Crippen LogP contribution in [-0.4, -0.2) is 33.2 Å². The fourth-order valence-electron chi connectivity index (χ4n) is 2.55. The van der Waals surface area contributed by atoms with Gasteiger partial charge in [0.05, 0.1) is 5.92 Å². The van der Waals surface area contributed by atoms with Crippen molar-refractivity contribution in [2.75, 3.05) is 0 Å². The maximum Gasteiger partial charge on any atom is 0.306 e.